The first kappa shape index (κ1) is 18.3. The first-order valence-corrected chi connectivity index (χ1v) is 7.67. The van der Waals surface area contributed by atoms with Gasteiger partial charge in [-0.3, -0.25) is 19.4 Å². The number of hydrogen-bond acceptors (Lipinski definition) is 5. The highest BCUT2D eigenvalue weighted by molar-refractivity contribution is 6.05. The van der Waals surface area contributed by atoms with E-state index in [-0.39, 0.29) is 17.4 Å². The Morgan fingerprint density at radius 2 is 1.88 bits per heavy atom. The minimum absolute atomic E-state index is 0.0936. The van der Waals surface area contributed by atoms with Gasteiger partial charge < -0.3 is 15.4 Å². The molecule has 2 rings (SSSR count). The molecule has 0 saturated heterocycles. The maximum atomic E-state index is 12.3. The van der Waals surface area contributed by atoms with Crippen molar-refractivity contribution in [1.82, 2.24) is 10.3 Å². The van der Waals surface area contributed by atoms with Crippen LogP contribution in [0.1, 0.15) is 38.1 Å². The van der Waals surface area contributed by atoms with Crippen LogP contribution in [0.5, 0.6) is 0 Å². The van der Waals surface area contributed by atoms with Gasteiger partial charge in [-0.1, -0.05) is 12.1 Å². The lowest BCUT2D eigenvalue weighted by Crippen LogP contribution is -2.27. The number of hydrogen-bond donors (Lipinski definition) is 2. The van der Waals surface area contributed by atoms with Gasteiger partial charge in [0.25, 0.3) is 11.8 Å². The number of anilines is 1. The molecule has 1 aromatic carbocycles. The number of methoxy groups -OCH3 is 1. The maximum absolute atomic E-state index is 12.3. The SMILES string of the molecule is COCCNC(=O)c1ccnc(C(=O)Nc2cccc(C(C)=O)c2)c1. The summed E-state index contributed by atoms with van der Waals surface area (Å²) in [6.45, 7) is 2.22. The van der Waals surface area contributed by atoms with E-state index in [2.05, 4.69) is 15.6 Å². The van der Waals surface area contributed by atoms with Crippen LogP contribution in [0, 0.1) is 0 Å². The standard InChI is InChI=1S/C18H19N3O4/c1-12(22)13-4-3-5-15(10-13)21-18(24)16-11-14(6-7-19-16)17(23)20-8-9-25-2/h3-7,10-11H,8-9H2,1-2H3,(H,20,23)(H,21,24). The van der Waals surface area contributed by atoms with Crippen molar-refractivity contribution in [3.63, 3.8) is 0 Å². The minimum Gasteiger partial charge on any atom is -0.383 e. The number of benzene rings is 1. The third-order valence-corrected chi connectivity index (χ3v) is 3.37. The van der Waals surface area contributed by atoms with Gasteiger partial charge in [-0.05, 0) is 31.2 Å². The van der Waals surface area contributed by atoms with E-state index in [1.54, 1.807) is 31.4 Å². The average Bonchev–Trinajstić information content (AvgIpc) is 2.62. The first-order valence-electron chi connectivity index (χ1n) is 7.67. The largest absolute Gasteiger partial charge is 0.383 e. The van der Waals surface area contributed by atoms with E-state index in [4.69, 9.17) is 4.74 Å². The van der Waals surface area contributed by atoms with E-state index >= 15 is 0 Å². The molecule has 2 amide bonds. The molecule has 25 heavy (non-hydrogen) atoms. The number of ketones is 1. The summed E-state index contributed by atoms with van der Waals surface area (Å²) in [7, 11) is 1.54. The topological polar surface area (TPSA) is 97.4 Å². The van der Waals surface area contributed by atoms with Crippen molar-refractivity contribution in [2.45, 2.75) is 6.92 Å². The Labute approximate surface area is 145 Å². The summed E-state index contributed by atoms with van der Waals surface area (Å²) >= 11 is 0. The zero-order valence-corrected chi connectivity index (χ0v) is 14.0. The number of carbonyl (C=O) groups excluding carboxylic acids is 3. The van der Waals surface area contributed by atoms with Crippen molar-refractivity contribution in [2.24, 2.45) is 0 Å². The normalized spacial score (nSPS) is 10.2. The van der Waals surface area contributed by atoms with E-state index < -0.39 is 5.91 Å². The van der Waals surface area contributed by atoms with Crippen molar-refractivity contribution in [2.75, 3.05) is 25.6 Å². The van der Waals surface area contributed by atoms with Crippen molar-refractivity contribution in [3.8, 4) is 0 Å². The Bertz CT molecular complexity index is 789. The number of nitrogens with one attached hydrogen (secondary N) is 2. The molecule has 0 radical (unpaired) electrons. The number of nitrogens with zero attached hydrogens (tertiary/aromatic N) is 1. The van der Waals surface area contributed by atoms with Crippen molar-refractivity contribution in [3.05, 3.63) is 59.4 Å². The lowest BCUT2D eigenvalue weighted by atomic mass is 10.1. The van der Waals surface area contributed by atoms with Crippen LogP contribution in [0.3, 0.4) is 0 Å². The summed E-state index contributed by atoms with van der Waals surface area (Å²) < 4.78 is 4.87. The molecule has 0 aliphatic carbocycles. The molecule has 0 atom stereocenters. The second-order valence-corrected chi connectivity index (χ2v) is 5.27. The third kappa shape index (κ3) is 5.22. The molecule has 130 valence electrons. The number of ether oxygens (including phenoxy) is 1. The van der Waals surface area contributed by atoms with Gasteiger partial charge in [-0.15, -0.1) is 0 Å². The number of rotatable bonds is 7. The van der Waals surface area contributed by atoms with Gasteiger partial charge in [0.15, 0.2) is 5.78 Å². The number of aromatic nitrogens is 1. The maximum Gasteiger partial charge on any atom is 0.274 e. The van der Waals surface area contributed by atoms with Crippen LogP contribution < -0.4 is 10.6 Å². The predicted molar refractivity (Wildman–Crippen MR) is 92.8 cm³/mol. The summed E-state index contributed by atoms with van der Waals surface area (Å²) in [6.07, 6.45) is 1.39. The Morgan fingerprint density at radius 3 is 2.60 bits per heavy atom. The molecule has 0 aliphatic heterocycles. The Balaban J connectivity index is 2.09. The van der Waals surface area contributed by atoms with Crippen molar-refractivity contribution in [1.29, 1.82) is 0 Å². The Morgan fingerprint density at radius 1 is 1.08 bits per heavy atom. The summed E-state index contributed by atoms with van der Waals surface area (Å²) in [5.74, 6) is -0.872. The Hall–Kier alpha value is -3.06. The molecule has 2 N–H and O–H groups in total. The van der Waals surface area contributed by atoms with E-state index in [9.17, 15) is 14.4 Å². The lowest BCUT2D eigenvalue weighted by Gasteiger charge is -2.08. The molecule has 1 aromatic heterocycles. The van der Waals surface area contributed by atoms with E-state index in [1.165, 1.54) is 25.3 Å². The van der Waals surface area contributed by atoms with Crippen molar-refractivity contribution >= 4 is 23.3 Å². The molecule has 0 fully saturated rings. The molecular formula is C18H19N3O4. The molecule has 7 heteroatoms. The van der Waals surface area contributed by atoms with Gasteiger partial charge in [-0.2, -0.15) is 0 Å². The quantitative estimate of drug-likeness (QED) is 0.592. The molecule has 0 bridgehead atoms. The highest BCUT2D eigenvalue weighted by Crippen LogP contribution is 2.13. The zero-order chi connectivity index (χ0) is 18.2. The van der Waals surface area contributed by atoms with Crippen LogP contribution in [0.25, 0.3) is 0 Å². The van der Waals surface area contributed by atoms with Crippen LogP contribution in [-0.2, 0) is 4.74 Å². The highest BCUT2D eigenvalue weighted by atomic mass is 16.5. The summed E-state index contributed by atoms with van der Waals surface area (Å²) in [6, 6.07) is 9.54. The fourth-order valence-electron chi connectivity index (χ4n) is 2.08. The van der Waals surface area contributed by atoms with Gasteiger partial charge in [0.2, 0.25) is 0 Å². The summed E-state index contributed by atoms with van der Waals surface area (Å²) in [4.78, 5) is 39.7. The summed E-state index contributed by atoms with van der Waals surface area (Å²) in [5.41, 5.74) is 1.41. The van der Waals surface area contributed by atoms with Crippen LogP contribution in [0.2, 0.25) is 0 Å². The van der Waals surface area contributed by atoms with Crippen LogP contribution >= 0.6 is 0 Å². The molecule has 0 unspecified atom stereocenters. The predicted octanol–water partition coefficient (Wildman–Crippen LogP) is 1.91. The monoisotopic (exact) mass is 341 g/mol. The number of Topliss-reactive ketones (excluding diaryl/α,β-unsaturated/α-hetero) is 1. The second kappa shape index (κ2) is 8.70. The molecule has 7 nitrogen and oxygen atoms in total. The minimum atomic E-state index is -0.466. The molecule has 0 spiro atoms. The van der Waals surface area contributed by atoms with Crippen molar-refractivity contribution < 1.29 is 19.1 Å². The van der Waals surface area contributed by atoms with E-state index in [1.807, 2.05) is 0 Å². The Kier molecular flexibility index (Phi) is 6.36. The second-order valence-electron chi connectivity index (χ2n) is 5.27. The van der Waals surface area contributed by atoms with Gasteiger partial charge in [0.05, 0.1) is 6.61 Å². The van der Waals surface area contributed by atoms with E-state index in [0.717, 1.165) is 0 Å². The highest BCUT2D eigenvalue weighted by Gasteiger charge is 2.12. The van der Waals surface area contributed by atoms with Gasteiger partial charge >= 0.3 is 0 Å². The number of pyridine rings is 1. The van der Waals surface area contributed by atoms with Gasteiger partial charge in [-0.25, -0.2) is 0 Å². The zero-order valence-electron chi connectivity index (χ0n) is 14.0. The van der Waals surface area contributed by atoms with Crippen LogP contribution in [0.4, 0.5) is 5.69 Å². The molecule has 0 saturated carbocycles. The van der Waals surface area contributed by atoms with Gasteiger partial charge in [0.1, 0.15) is 5.69 Å². The van der Waals surface area contributed by atoms with Gasteiger partial charge in [0, 0.05) is 36.7 Å². The summed E-state index contributed by atoms with van der Waals surface area (Å²) in [5, 5.41) is 5.34. The van der Waals surface area contributed by atoms with Crippen LogP contribution in [-0.4, -0.2) is 42.8 Å². The lowest BCUT2D eigenvalue weighted by molar-refractivity contribution is 0.0936. The number of amides is 2. The fraction of sp³-hybridized carbons (Fsp3) is 0.222. The molecular weight excluding hydrogens is 322 g/mol. The molecule has 1 heterocycles. The average molecular weight is 341 g/mol. The van der Waals surface area contributed by atoms with Crippen LogP contribution in [0.15, 0.2) is 42.6 Å². The third-order valence-electron chi connectivity index (χ3n) is 3.37. The van der Waals surface area contributed by atoms with E-state index in [0.29, 0.717) is 30.0 Å². The number of carbonyl (C=O) groups is 3. The smallest absolute Gasteiger partial charge is 0.274 e. The first-order chi connectivity index (χ1) is 12.0. The molecule has 2 aromatic rings. The fourth-order valence-corrected chi connectivity index (χ4v) is 2.08. The molecule has 0 aliphatic rings.